The lowest BCUT2D eigenvalue weighted by Gasteiger charge is -2.29. The Hall–Kier alpha value is -2.10. The van der Waals surface area contributed by atoms with Crippen LogP contribution in [0.15, 0.2) is 30.3 Å². The highest BCUT2D eigenvalue weighted by Gasteiger charge is 2.29. The number of fused-ring (bicyclic) bond motifs is 1. The molecule has 110 valence electrons. The van der Waals surface area contributed by atoms with E-state index in [1.165, 1.54) is 0 Å². The molecule has 4 heteroatoms. The summed E-state index contributed by atoms with van der Waals surface area (Å²) in [7, 11) is 0. The maximum Gasteiger partial charge on any atom is 0.326 e. The van der Waals surface area contributed by atoms with Gasteiger partial charge in [0.2, 0.25) is 0 Å². The molecule has 0 saturated carbocycles. The minimum Gasteiger partial charge on any atom is -0.480 e. The zero-order chi connectivity index (χ0) is 14.8. The highest BCUT2D eigenvalue weighted by Crippen LogP contribution is 2.28. The Kier molecular flexibility index (Phi) is 3.78. The molecule has 1 atom stereocenters. The van der Waals surface area contributed by atoms with Gasteiger partial charge in [0.25, 0.3) is 0 Å². The molecular weight excluding hydrogens is 264 g/mol. The Morgan fingerprint density at radius 3 is 2.90 bits per heavy atom. The third kappa shape index (κ3) is 2.71. The largest absolute Gasteiger partial charge is 0.480 e. The van der Waals surface area contributed by atoms with Crippen LogP contribution >= 0.6 is 0 Å². The Morgan fingerprint density at radius 1 is 1.29 bits per heavy atom. The van der Waals surface area contributed by atoms with Crippen LogP contribution in [0.5, 0.6) is 0 Å². The van der Waals surface area contributed by atoms with Crippen LogP contribution in [0.25, 0.3) is 10.9 Å². The topological polar surface area (TPSA) is 53.4 Å². The quantitative estimate of drug-likeness (QED) is 0.918. The van der Waals surface area contributed by atoms with Crippen LogP contribution in [0.4, 0.5) is 5.82 Å². The zero-order valence-corrected chi connectivity index (χ0v) is 12.2. The van der Waals surface area contributed by atoms with Crippen molar-refractivity contribution < 1.29 is 9.90 Å². The molecule has 0 bridgehead atoms. The SMILES string of the molecule is Cc1cc2ccccc2nc1N1CCCCCC1C(=O)O. The number of benzene rings is 1. The van der Waals surface area contributed by atoms with Gasteiger partial charge in [-0.1, -0.05) is 31.0 Å². The van der Waals surface area contributed by atoms with Crippen LogP contribution in [0.3, 0.4) is 0 Å². The van der Waals surface area contributed by atoms with Crippen molar-refractivity contribution in [3.63, 3.8) is 0 Å². The van der Waals surface area contributed by atoms with Gasteiger partial charge in [-0.2, -0.15) is 0 Å². The Bertz CT molecular complexity index is 669. The van der Waals surface area contributed by atoms with E-state index in [-0.39, 0.29) is 0 Å². The van der Waals surface area contributed by atoms with Gasteiger partial charge in [-0.05, 0) is 37.5 Å². The Balaban J connectivity index is 2.07. The summed E-state index contributed by atoms with van der Waals surface area (Å²) in [6.45, 7) is 2.78. The summed E-state index contributed by atoms with van der Waals surface area (Å²) in [4.78, 5) is 18.3. The second-order valence-corrected chi connectivity index (χ2v) is 5.72. The van der Waals surface area contributed by atoms with Gasteiger partial charge in [0, 0.05) is 11.9 Å². The number of aliphatic carboxylic acids is 1. The van der Waals surface area contributed by atoms with Gasteiger partial charge in [0.05, 0.1) is 5.52 Å². The maximum atomic E-state index is 11.6. The minimum atomic E-state index is -0.744. The molecule has 1 N–H and O–H groups in total. The number of hydrogen-bond acceptors (Lipinski definition) is 3. The number of aryl methyl sites for hydroxylation is 1. The molecule has 3 rings (SSSR count). The van der Waals surface area contributed by atoms with Gasteiger partial charge >= 0.3 is 5.97 Å². The lowest BCUT2D eigenvalue weighted by Crippen LogP contribution is -2.41. The first kappa shape index (κ1) is 13.9. The van der Waals surface area contributed by atoms with Gasteiger partial charge < -0.3 is 10.0 Å². The van der Waals surface area contributed by atoms with Gasteiger partial charge in [-0.3, -0.25) is 0 Å². The summed E-state index contributed by atoms with van der Waals surface area (Å²) in [5.41, 5.74) is 1.97. The van der Waals surface area contributed by atoms with E-state index in [1.54, 1.807) is 0 Å². The van der Waals surface area contributed by atoms with Crippen LogP contribution in [0, 0.1) is 6.92 Å². The van der Waals surface area contributed by atoms with Crippen LogP contribution in [0.2, 0.25) is 0 Å². The molecule has 21 heavy (non-hydrogen) atoms. The highest BCUT2D eigenvalue weighted by molar-refractivity contribution is 5.83. The van der Waals surface area contributed by atoms with Crippen molar-refractivity contribution in [2.75, 3.05) is 11.4 Å². The fourth-order valence-electron chi connectivity index (χ4n) is 3.12. The normalized spacial score (nSPS) is 19.5. The number of hydrogen-bond donors (Lipinski definition) is 1. The van der Waals surface area contributed by atoms with Crippen LogP contribution in [-0.4, -0.2) is 28.6 Å². The van der Waals surface area contributed by atoms with Gasteiger partial charge in [0.1, 0.15) is 11.9 Å². The number of carboxylic acids is 1. The summed E-state index contributed by atoms with van der Waals surface area (Å²) in [6.07, 6.45) is 3.79. The van der Waals surface area contributed by atoms with E-state index in [2.05, 4.69) is 6.07 Å². The van der Waals surface area contributed by atoms with E-state index >= 15 is 0 Å². The fraction of sp³-hybridized carbons (Fsp3) is 0.412. The molecule has 2 heterocycles. The molecule has 1 saturated heterocycles. The lowest BCUT2D eigenvalue weighted by molar-refractivity contribution is -0.138. The van der Waals surface area contributed by atoms with E-state index in [0.717, 1.165) is 48.1 Å². The van der Waals surface area contributed by atoms with Crippen LogP contribution in [0.1, 0.15) is 31.2 Å². The number of pyridine rings is 1. The molecular formula is C17H20N2O2. The molecule has 1 aromatic carbocycles. The average Bonchev–Trinajstić information content (AvgIpc) is 2.72. The Morgan fingerprint density at radius 2 is 2.10 bits per heavy atom. The number of carboxylic acid groups (broad SMARTS) is 1. The van der Waals surface area contributed by atoms with Gasteiger partial charge in [0.15, 0.2) is 0 Å². The van der Waals surface area contributed by atoms with Crippen molar-refractivity contribution >= 4 is 22.7 Å². The van der Waals surface area contributed by atoms with E-state index < -0.39 is 12.0 Å². The second-order valence-electron chi connectivity index (χ2n) is 5.72. The first-order valence-electron chi connectivity index (χ1n) is 7.52. The summed E-state index contributed by atoms with van der Waals surface area (Å²) in [6, 6.07) is 9.62. The smallest absolute Gasteiger partial charge is 0.326 e. The summed E-state index contributed by atoms with van der Waals surface area (Å²) < 4.78 is 0. The molecule has 4 nitrogen and oxygen atoms in total. The summed E-state index contributed by atoms with van der Waals surface area (Å²) >= 11 is 0. The molecule has 0 aliphatic carbocycles. The zero-order valence-electron chi connectivity index (χ0n) is 12.2. The molecule has 1 aromatic heterocycles. The molecule has 2 aromatic rings. The number of carbonyl (C=O) groups is 1. The third-order valence-corrected chi connectivity index (χ3v) is 4.20. The highest BCUT2D eigenvalue weighted by atomic mass is 16.4. The number of nitrogens with zero attached hydrogens (tertiary/aromatic N) is 2. The van der Waals surface area contributed by atoms with Crippen molar-refractivity contribution in [3.05, 3.63) is 35.9 Å². The molecule has 1 fully saturated rings. The molecule has 0 amide bonds. The monoisotopic (exact) mass is 284 g/mol. The van der Waals surface area contributed by atoms with Gasteiger partial charge in [-0.25, -0.2) is 9.78 Å². The standard InChI is InChI=1S/C17H20N2O2/c1-12-11-13-7-4-5-8-14(13)18-16(12)19-10-6-2-3-9-15(19)17(20)21/h4-5,7-8,11,15H,2-3,6,9-10H2,1H3,(H,20,21). The van der Waals surface area contributed by atoms with Crippen LogP contribution < -0.4 is 4.90 Å². The van der Waals surface area contributed by atoms with E-state index in [4.69, 9.17) is 4.98 Å². The summed E-state index contributed by atoms with van der Waals surface area (Å²) in [5, 5.41) is 10.6. The second kappa shape index (κ2) is 5.72. The van der Waals surface area contributed by atoms with Crippen molar-refractivity contribution in [2.45, 2.75) is 38.6 Å². The first-order chi connectivity index (χ1) is 10.2. The number of anilines is 1. The van der Waals surface area contributed by atoms with Crippen molar-refractivity contribution in [2.24, 2.45) is 0 Å². The van der Waals surface area contributed by atoms with E-state index in [9.17, 15) is 9.90 Å². The molecule has 1 aliphatic rings. The Labute approximate surface area is 124 Å². The van der Waals surface area contributed by atoms with Crippen molar-refractivity contribution in [1.29, 1.82) is 0 Å². The molecule has 0 radical (unpaired) electrons. The fourth-order valence-corrected chi connectivity index (χ4v) is 3.12. The van der Waals surface area contributed by atoms with Crippen LogP contribution in [-0.2, 0) is 4.79 Å². The van der Waals surface area contributed by atoms with Gasteiger partial charge in [-0.15, -0.1) is 0 Å². The summed E-state index contributed by atoms with van der Waals surface area (Å²) in [5.74, 6) is 0.0780. The average molecular weight is 284 g/mol. The third-order valence-electron chi connectivity index (χ3n) is 4.20. The molecule has 1 unspecified atom stereocenters. The van der Waals surface area contributed by atoms with E-state index in [0.29, 0.717) is 6.42 Å². The molecule has 0 spiro atoms. The predicted octanol–water partition coefficient (Wildman–Crippen LogP) is 3.38. The predicted molar refractivity (Wildman–Crippen MR) is 83.7 cm³/mol. The number of rotatable bonds is 2. The number of para-hydroxylation sites is 1. The maximum absolute atomic E-state index is 11.6. The van der Waals surface area contributed by atoms with E-state index in [1.807, 2.05) is 36.1 Å². The lowest BCUT2D eigenvalue weighted by atomic mass is 10.1. The number of aromatic nitrogens is 1. The molecule has 1 aliphatic heterocycles. The first-order valence-corrected chi connectivity index (χ1v) is 7.52. The van der Waals surface area contributed by atoms with Crippen molar-refractivity contribution in [3.8, 4) is 0 Å². The minimum absolute atomic E-state index is 0.458. The van der Waals surface area contributed by atoms with Crippen molar-refractivity contribution in [1.82, 2.24) is 4.98 Å².